The molecule has 0 bridgehead atoms. The van der Waals surface area contributed by atoms with E-state index >= 15 is 0 Å². The lowest BCUT2D eigenvalue weighted by Gasteiger charge is -2.09. The fourth-order valence-corrected chi connectivity index (χ4v) is 1.47. The molecule has 0 saturated carbocycles. The van der Waals surface area contributed by atoms with Gasteiger partial charge in [-0.2, -0.15) is 25.8 Å². The van der Waals surface area contributed by atoms with Crippen molar-refractivity contribution in [1.82, 2.24) is 0 Å². The van der Waals surface area contributed by atoms with E-state index in [9.17, 15) is 18.0 Å². The van der Waals surface area contributed by atoms with Crippen LogP contribution in [-0.2, 0) is 6.18 Å². The van der Waals surface area contributed by atoms with Crippen molar-refractivity contribution in [3.05, 3.63) is 41.0 Å². The number of rotatable bonds is 4. The molecule has 0 N–H and O–H groups in total. The van der Waals surface area contributed by atoms with Crippen LogP contribution in [-0.4, -0.2) is 12.0 Å². The van der Waals surface area contributed by atoms with E-state index in [1.54, 1.807) is 12.2 Å². The van der Waals surface area contributed by atoms with Gasteiger partial charge in [-0.15, -0.1) is 0 Å². The number of hydrogen-bond donors (Lipinski definition) is 1. The zero-order valence-electron chi connectivity index (χ0n) is 8.87. The highest BCUT2D eigenvalue weighted by molar-refractivity contribution is 7.80. The van der Waals surface area contributed by atoms with Gasteiger partial charge in [-0.25, -0.2) is 0 Å². The molecule has 1 nitrogen and oxygen atoms in total. The van der Waals surface area contributed by atoms with E-state index in [0.717, 1.165) is 6.07 Å². The number of hydrogen-bond acceptors (Lipinski definition) is 2. The van der Waals surface area contributed by atoms with Crippen LogP contribution >= 0.6 is 12.6 Å². The quantitative estimate of drug-likeness (QED) is 0.642. The minimum Gasteiger partial charge on any atom is -0.298 e. The Morgan fingerprint density at radius 1 is 1.29 bits per heavy atom. The van der Waals surface area contributed by atoms with Crippen LogP contribution in [0.1, 0.15) is 27.9 Å². The van der Waals surface area contributed by atoms with Crippen LogP contribution in [0.25, 0.3) is 6.08 Å². The molecule has 5 heteroatoms. The van der Waals surface area contributed by atoms with Crippen LogP contribution < -0.4 is 0 Å². The predicted molar refractivity (Wildman–Crippen MR) is 64.3 cm³/mol. The van der Waals surface area contributed by atoms with Crippen LogP contribution in [0, 0.1) is 0 Å². The molecule has 17 heavy (non-hydrogen) atoms. The van der Waals surface area contributed by atoms with Gasteiger partial charge in [0, 0.05) is 5.56 Å². The Balaban J connectivity index is 3.09. The van der Waals surface area contributed by atoms with Crippen LogP contribution in [0.15, 0.2) is 24.3 Å². The fourth-order valence-electron chi connectivity index (χ4n) is 1.32. The number of carbonyl (C=O) groups excluding carboxylic acids is 1. The molecule has 0 spiro atoms. The van der Waals surface area contributed by atoms with E-state index < -0.39 is 11.7 Å². The molecule has 0 aliphatic rings. The average molecular weight is 260 g/mol. The Labute approximate surface area is 103 Å². The third kappa shape index (κ3) is 3.93. The molecule has 0 amide bonds. The number of alkyl halides is 3. The lowest BCUT2D eigenvalue weighted by molar-refractivity contribution is -0.137. The third-order valence-corrected chi connectivity index (χ3v) is 2.37. The van der Waals surface area contributed by atoms with Crippen LogP contribution in [0.5, 0.6) is 0 Å². The summed E-state index contributed by atoms with van der Waals surface area (Å²) in [5.74, 6) is 0.634. The SMILES string of the molecule is O=Cc1ccc(C=CCCS)cc1C(F)(F)F. The van der Waals surface area contributed by atoms with Gasteiger partial charge in [0.05, 0.1) is 5.56 Å². The molecule has 0 unspecified atom stereocenters. The van der Waals surface area contributed by atoms with Crippen molar-refractivity contribution in [2.75, 3.05) is 5.75 Å². The molecule has 0 radical (unpaired) electrons. The Morgan fingerprint density at radius 2 is 2.00 bits per heavy atom. The van der Waals surface area contributed by atoms with E-state index in [4.69, 9.17) is 0 Å². The minimum atomic E-state index is -4.51. The van der Waals surface area contributed by atoms with Crippen molar-refractivity contribution < 1.29 is 18.0 Å². The number of benzene rings is 1. The van der Waals surface area contributed by atoms with Gasteiger partial charge in [0.1, 0.15) is 0 Å². The van der Waals surface area contributed by atoms with Gasteiger partial charge >= 0.3 is 6.18 Å². The van der Waals surface area contributed by atoms with Gasteiger partial charge in [-0.1, -0.05) is 24.3 Å². The van der Waals surface area contributed by atoms with Crippen LogP contribution in [0.4, 0.5) is 13.2 Å². The smallest absolute Gasteiger partial charge is 0.298 e. The summed E-state index contributed by atoms with van der Waals surface area (Å²) in [5, 5.41) is 0. The highest BCUT2D eigenvalue weighted by atomic mass is 32.1. The first-order valence-corrected chi connectivity index (χ1v) is 5.56. The molecule has 0 aliphatic heterocycles. The predicted octanol–water partition coefficient (Wildman–Crippen LogP) is 3.85. The van der Waals surface area contributed by atoms with Crippen molar-refractivity contribution in [1.29, 1.82) is 0 Å². The highest BCUT2D eigenvalue weighted by Crippen LogP contribution is 2.32. The first kappa shape index (κ1) is 13.8. The number of carbonyl (C=O) groups is 1. The molecule has 0 aromatic heterocycles. The van der Waals surface area contributed by atoms with E-state index in [-0.39, 0.29) is 11.8 Å². The van der Waals surface area contributed by atoms with Gasteiger partial charge < -0.3 is 0 Å². The van der Waals surface area contributed by atoms with Crippen molar-refractivity contribution in [2.24, 2.45) is 0 Å². The largest absolute Gasteiger partial charge is 0.417 e. The first-order chi connectivity index (χ1) is 7.99. The Bertz CT molecular complexity index is 424. The van der Waals surface area contributed by atoms with Gasteiger partial charge in [0.25, 0.3) is 0 Å². The second kappa shape index (κ2) is 5.91. The lowest BCUT2D eigenvalue weighted by atomic mass is 10.0. The minimum absolute atomic E-state index is 0.212. The van der Waals surface area contributed by atoms with E-state index in [1.807, 2.05) is 0 Å². The molecular weight excluding hydrogens is 249 g/mol. The van der Waals surface area contributed by atoms with E-state index in [1.165, 1.54) is 12.1 Å². The first-order valence-electron chi connectivity index (χ1n) is 4.93. The lowest BCUT2D eigenvalue weighted by Crippen LogP contribution is -2.09. The number of aldehydes is 1. The molecular formula is C12H11F3OS. The summed E-state index contributed by atoms with van der Waals surface area (Å²) in [6.45, 7) is 0. The molecule has 1 rings (SSSR count). The van der Waals surface area contributed by atoms with Crippen LogP contribution in [0.2, 0.25) is 0 Å². The molecule has 0 heterocycles. The fraction of sp³-hybridized carbons (Fsp3) is 0.250. The molecule has 0 atom stereocenters. The number of thiol groups is 1. The summed E-state index contributed by atoms with van der Waals surface area (Å²) in [7, 11) is 0. The summed E-state index contributed by atoms with van der Waals surface area (Å²) < 4.78 is 37.8. The highest BCUT2D eigenvalue weighted by Gasteiger charge is 2.33. The molecule has 1 aromatic carbocycles. The Morgan fingerprint density at radius 3 is 2.53 bits per heavy atom. The van der Waals surface area contributed by atoms with Crippen LogP contribution in [0.3, 0.4) is 0 Å². The molecule has 92 valence electrons. The van der Waals surface area contributed by atoms with Gasteiger partial charge in [0.15, 0.2) is 6.29 Å². The number of allylic oxidation sites excluding steroid dienone is 1. The third-order valence-electron chi connectivity index (χ3n) is 2.12. The maximum Gasteiger partial charge on any atom is 0.417 e. The maximum absolute atomic E-state index is 12.6. The normalized spacial score (nSPS) is 12.0. The number of halogens is 3. The standard InChI is InChI=1S/C12H11F3OS/c13-12(14,15)11-7-9(3-1-2-6-17)4-5-10(11)8-16/h1,3-5,7-8,17H,2,6H2. The zero-order chi connectivity index (χ0) is 12.9. The monoisotopic (exact) mass is 260 g/mol. The molecule has 0 saturated heterocycles. The molecule has 1 aromatic rings. The second-order valence-corrected chi connectivity index (χ2v) is 3.82. The van der Waals surface area contributed by atoms with E-state index in [2.05, 4.69) is 12.6 Å². The van der Waals surface area contributed by atoms with Crippen molar-refractivity contribution >= 4 is 25.0 Å². The molecule has 0 fully saturated rings. The molecule has 0 aliphatic carbocycles. The summed E-state index contributed by atoms with van der Waals surface area (Å²) in [5.41, 5.74) is -0.825. The summed E-state index contributed by atoms with van der Waals surface area (Å²) in [4.78, 5) is 10.5. The summed E-state index contributed by atoms with van der Waals surface area (Å²) in [6, 6.07) is 3.63. The maximum atomic E-state index is 12.6. The average Bonchev–Trinajstić information content (AvgIpc) is 2.28. The van der Waals surface area contributed by atoms with Crippen molar-refractivity contribution in [3.63, 3.8) is 0 Å². The van der Waals surface area contributed by atoms with Crippen molar-refractivity contribution in [3.8, 4) is 0 Å². The zero-order valence-corrected chi connectivity index (χ0v) is 9.76. The summed E-state index contributed by atoms with van der Waals surface area (Å²) >= 11 is 3.99. The summed E-state index contributed by atoms with van der Waals surface area (Å²) in [6.07, 6.45) is -0.295. The van der Waals surface area contributed by atoms with Crippen molar-refractivity contribution in [2.45, 2.75) is 12.6 Å². The van der Waals surface area contributed by atoms with E-state index in [0.29, 0.717) is 17.7 Å². The Kier molecular flexibility index (Phi) is 4.81. The van der Waals surface area contributed by atoms with Gasteiger partial charge in [-0.3, -0.25) is 4.79 Å². The van der Waals surface area contributed by atoms with Gasteiger partial charge in [-0.05, 0) is 23.8 Å². The topological polar surface area (TPSA) is 17.1 Å². The van der Waals surface area contributed by atoms with Gasteiger partial charge in [0.2, 0.25) is 0 Å². The Hall–Kier alpha value is -1.23. The second-order valence-electron chi connectivity index (χ2n) is 3.38.